The fourth-order valence-electron chi connectivity index (χ4n) is 4.43. The number of benzene rings is 3. The molecule has 4 aromatic rings. The third kappa shape index (κ3) is 5.87. The van der Waals surface area contributed by atoms with Gasteiger partial charge in [-0.3, -0.25) is 0 Å². The van der Waals surface area contributed by atoms with Gasteiger partial charge >= 0.3 is 0 Å². The van der Waals surface area contributed by atoms with Gasteiger partial charge in [0, 0.05) is 43.6 Å². The van der Waals surface area contributed by atoms with Crippen LogP contribution in [-0.2, 0) is 26.8 Å². The van der Waals surface area contributed by atoms with Crippen LogP contribution in [0.4, 0.5) is 0 Å². The molecule has 0 spiro atoms. The molecule has 0 bridgehead atoms. The molecule has 9 heteroatoms. The summed E-state index contributed by atoms with van der Waals surface area (Å²) in [5.74, 6) is 1.76. The summed E-state index contributed by atoms with van der Waals surface area (Å²) in [6, 6.07) is 23.4. The quantitative estimate of drug-likeness (QED) is 0.317. The highest BCUT2D eigenvalue weighted by Gasteiger charge is 2.32. The smallest absolute Gasteiger partial charge is 0.238 e. The van der Waals surface area contributed by atoms with E-state index >= 15 is 0 Å². The average Bonchev–Trinajstić information content (AvgIpc) is 3.40. The topological polar surface area (TPSA) is 125 Å². The van der Waals surface area contributed by atoms with E-state index in [-0.39, 0.29) is 4.90 Å². The first-order valence-electron chi connectivity index (χ1n) is 12.2. The number of aromatic nitrogens is 1. The second-order valence-electron chi connectivity index (χ2n) is 9.11. The fraction of sp³-hybridized carbons (Fsp3) is 0.207. The molecule has 8 nitrogen and oxygen atoms in total. The molecule has 3 N–H and O–H groups in total. The molecule has 5 rings (SSSR count). The van der Waals surface area contributed by atoms with Crippen LogP contribution in [0.15, 0.2) is 101 Å². The van der Waals surface area contributed by atoms with Gasteiger partial charge in [0.15, 0.2) is 12.2 Å². The van der Waals surface area contributed by atoms with Gasteiger partial charge in [0.1, 0.15) is 11.5 Å². The van der Waals surface area contributed by atoms with Gasteiger partial charge in [-0.05, 0) is 48.0 Å². The number of oxazole rings is 1. The Kier molecular flexibility index (Phi) is 7.44. The number of ether oxygens (including phenoxy) is 2. The number of aliphatic hydroxyl groups is 1. The van der Waals surface area contributed by atoms with Crippen LogP contribution < -0.4 is 9.88 Å². The van der Waals surface area contributed by atoms with Crippen molar-refractivity contribution in [2.24, 2.45) is 5.14 Å². The standard InChI is InChI=1S/C29H28N2O6S/c30-38(33,34)25-11-9-22(10-12-25)28-26(31-20-36-28)13-14-27(21-5-2-1-3-6-21)37-24-8-4-7-23(19-24)29(32)15-17-35-18-16-29/h1-12,14,19-20,32H,13,15-18H2,(H2,30,33,34)/b27-14+. The summed E-state index contributed by atoms with van der Waals surface area (Å²) in [7, 11) is -3.79. The summed E-state index contributed by atoms with van der Waals surface area (Å²) in [4.78, 5) is 4.39. The summed E-state index contributed by atoms with van der Waals surface area (Å²) in [6.07, 6.45) is 4.74. The minimum Gasteiger partial charge on any atom is -0.457 e. The summed E-state index contributed by atoms with van der Waals surface area (Å²) >= 11 is 0. The third-order valence-corrected chi connectivity index (χ3v) is 7.47. The molecule has 0 unspecified atom stereocenters. The summed E-state index contributed by atoms with van der Waals surface area (Å²) in [5, 5.41) is 16.3. The Hall–Kier alpha value is -3.76. The van der Waals surface area contributed by atoms with E-state index in [0.29, 0.717) is 61.0 Å². The predicted octanol–water partition coefficient (Wildman–Crippen LogP) is 4.65. The lowest BCUT2D eigenvalue weighted by atomic mass is 9.86. The summed E-state index contributed by atoms with van der Waals surface area (Å²) in [5.41, 5.74) is 2.08. The van der Waals surface area contributed by atoms with Crippen molar-refractivity contribution in [3.63, 3.8) is 0 Å². The molecular weight excluding hydrogens is 504 g/mol. The van der Waals surface area contributed by atoms with Gasteiger partial charge in [0.05, 0.1) is 16.2 Å². The van der Waals surface area contributed by atoms with Crippen LogP contribution in [0.3, 0.4) is 0 Å². The van der Waals surface area contributed by atoms with Gasteiger partial charge in [-0.15, -0.1) is 0 Å². The highest BCUT2D eigenvalue weighted by molar-refractivity contribution is 7.89. The van der Waals surface area contributed by atoms with Crippen molar-refractivity contribution in [1.82, 2.24) is 4.98 Å². The number of allylic oxidation sites excluding steroid dienone is 1. The molecule has 1 aliphatic heterocycles. The van der Waals surface area contributed by atoms with Crippen molar-refractivity contribution < 1.29 is 27.4 Å². The zero-order valence-electron chi connectivity index (χ0n) is 20.6. The molecule has 1 aromatic heterocycles. The number of nitrogens with zero attached hydrogens (tertiary/aromatic N) is 1. The minimum absolute atomic E-state index is 0.0228. The monoisotopic (exact) mass is 532 g/mol. The van der Waals surface area contributed by atoms with Crippen molar-refractivity contribution in [2.75, 3.05) is 13.2 Å². The summed E-state index contributed by atoms with van der Waals surface area (Å²) in [6.45, 7) is 1.03. The van der Waals surface area contributed by atoms with Crippen molar-refractivity contribution in [2.45, 2.75) is 29.8 Å². The molecular formula is C29H28N2O6S. The molecule has 0 atom stereocenters. The zero-order chi connectivity index (χ0) is 26.6. The molecule has 1 saturated heterocycles. The SMILES string of the molecule is NS(=O)(=O)c1ccc(-c2ocnc2C/C=C(/Oc2cccc(C3(O)CCOCC3)c2)c2ccccc2)cc1. The third-order valence-electron chi connectivity index (χ3n) is 6.54. The van der Waals surface area contributed by atoms with Gasteiger partial charge in [-0.1, -0.05) is 42.5 Å². The van der Waals surface area contributed by atoms with E-state index in [9.17, 15) is 13.5 Å². The van der Waals surface area contributed by atoms with E-state index in [0.717, 1.165) is 11.1 Å². The lowest BCUT2D eigenvalue weighted by Gasteiger charge is -2.32. The van der Waals surface area contributed by atoms with Crippen molar-refractivity contribution >= 4 is 15.8 Å². The minimum atomic E-state index is -3.79. The van der Waals surface area contributed by atoms with E-state index < -0.39 is 15.6 Å². The largest absolute Gasteiger partial charge is 0.457 e. The van der Waals surface area contributed by atoms with Crippen molar-refractivity contribution in [3.8, 4) is 17.1 Å². The lowest BCUT2D eigenvalue weighted by molar-refractivity contribution is -0.0679. The second kappa shape index (κ2) is 10.9. The Balaban J connectivity index is 1.42. The van der Waals surface area contributed by atoms with Crippen molar-refractivity contribution in [3.05, 3.63) is 108 Å². The molecule has 0 amide bonds. The normalized spacial score (nSPS) is 15.8. The average molecular weight is 533 g/mol. The highest BCUT2D eigenvalue weighted by Crippen LogP contribution is 2.34. The van der Waals surface area contributed by atoms with Crippen LogP contribution in [0.2, 0.25) is 0 Å². The molecule has 38 heavy (non-hydrogen) atoms. The predicted molar refractivity (Wildman–Crippen MR) is 142 cm³/mol. The maximum atomic E-state index is 11.6. The van der Waals surface area contributed by atoms with E-state index in [2.05, 4.69) is 4.98 Å². The molecule has 0 saturated carbocycles. The Morgan fingerprint density at radius 2 is 1.76 bits per heavy atom. The maximum Gasteiger partial charge on any atom is 0.238 e. The van der Waals surface area contributed by atoms with Crippen LogP contribution in [0.25, 0.3) is 17.1 Å². The fourth-order valence-corrected chi connectivity index (χ4v) is 4.94. The van der Waals surface area contributed by atoms with Crippen LogP contribution in [-0.4, -0.2) is 31.7 Å². The molecule has 0 radical (unpaired) electrons. The Labute approximate surface area is 221 Å². The van der Waals surface area contributed by atoms with Crippen LogP contribution in [0.1, 0.15) is 29.7 Å². The summed E-state index contributed by atoms with van der Waals surface area (Å²) < 4.78 is 40.6. The first kappa shape index (κ1) is 25.9. The van der Waals surface area contributed by atoms with E-state index in [1.807, 2.05) is 60.7 Å². The second-order valence-corrected chi connectivity index (χ2v) is 10.7. The zero-order valence-corrected chi connectivity index (χ0v) is 21.4. The lowest BCUT2D eigenvalue weighted by Crippen LogP contribution is -2.33. The van der Waals surface area contributed by atoms with Gasteiger partial charge < -0.3 is 19.0 Å². The van der Waals surface area contributed by atoms with E-state index in [4.69, 9.17) is 19.0 Å². The molecule has 0 aliphatic carbocycles. The Morgan fingerprint density at radius 3 is 2.47 bits per heavy atom. The van der Waals surface area contributed by atoms with Crippen molar-refractivity contribution in [1.29, 1.82) is 0 Å². The molecule has 2 heterocycles. The van der Waals surface area contributed by atoms with Gasteiger partial charge in [-0.25, -0.2) is 18.5 Å². The maximum absolute atomic E-state index is 11.6. The van der Waals surface area contributed by atoms with Crippen LogP contribution in [0, 0.1) is 0 Å². The first-order chi connectivity index (χ1) is 18.3. The number of rotatable bonds is 8. The number of sulfonamides is 1. The van der Waals surface area contributed by atoms with Gasteiger partial charge in [0.25, 0.3) is 0 Å². The van der Waals surface area contributed by atoms with Gasteiger partial charge in [0.2, 0.25) is 10.0 Å². The number of primary sulfonamides is 1. The van der Waals surface area contributed by atoms with Crippen LogP contribution >= 0.6 is 0 Å². The Bertz CT molecular complexity index is 1520. The van der Waals surface area contributed by atoms with Gasteiger partial charge in [-0.2, -0.15) is 0 Å². The molecule has 196 valence electrons. The van der Waals surface area contributed by atoms with E-state index in [1.165, 1.54) is 18.5 Å². The molecule has 3 aromatic carbocycles. The molecule has 1 fully saturated rings. The first-order valence-corrected chi connectivity index (χ1v) is 13.8. The highest BCUT2D eigenvalue weighted by atomic mass is 32.2. The van der Waals surface area contributed by atoms with Crippen LogP contribution in [0.5, 0.6) is 5.75 Å². The number of hydrogen-bond acceptors (Lipinski definition) is 7. The Morgan fingerprint density at radius 1 is 1.03 bits per heavy atom. The number of hydrogen-bond donors (Lipinski definition) is 2. The van der Waals surface area contributed by atoms with E-state index in [1.54, 1.807) is 12.1 Å². The number of nitrogens with two attached hydrogens (primary N) is 1. The molecule has 1 aliphatic rings.